The summed E-state index contributed by atoms with van der Waals surface area (Å²) in [6, 6.07) is 5.82. The average Bonchev–Trinajstić information content (AvgIpc) is 2.34. The summed E-state index contributed by atoms with van der Waals surface area (Å²) in [6.07, 6.45) is 0. The first-order valence-electron chi connectivity index (χ1n) is 5.39. The molecule has 0 spiro atoms. The minimum absolute atomic E-state index is 0.0269. The normalized spacial score (nSPS) is 10.4. The Morgan fingerprint density at radius 2 is 1.65 bits per heavy atom. The first kappa shape index (κ1) is 14.6. The van der Waals surface area contributed by atoms with Crippen molar-refractivity contribution in [1.82, 2.24) is 0 Å². The van der Waals surface area contributed by atoms with Gasteiger partial charge in [-0.2, -0.15) is 0 Å². The van der Waals surface area contributed by atoms with Gasteiger partial charge in [-0.15, -0.1) is 0 Å². The number of nitrogens with one attached hydrogen (secondary N) is 1. The van der Waals surface area contributed by atoms with Crippen LogP contribution in [0.4, 0.5) is 20.2 Å². The van der Waals surface area contributed by atoms with Crippen molar-refractivity contribution in [1.29, 1.82) is 0 Å². The molecular formula is C13H8Cl2F2N2O. The van der Waals surface area contributed by atoms with Crippen LogP contribution in [0, 0.1) is 11.6 Å². The van der Waals surface area contributed by atoms with Crippen LogP contribution in [-0.2, 0) is 0 Å². The Morgan fingerprint density at radius 1 is 1.05 bits per heavy atom. The summed E-state index contributed by atoms with van der Waals surface area (Å²) in [7, 11) is 0. The standard InChI is InChI=1S/C13H8Cl2F2N2O/c14-10-4-9(5-11(15)12(10)17)19-13(20)6-1-7(16)3-8(18)2-6/h1-5H,18H2,(H,19,20). The van der Waals surface area contributed by atoms with Crippen LogP contribution in [0.2, 0.25) is 10.0 Å². The molecule has 0 radical (unpaired) electrons. The topological polar surface area (TPSA) is 55.1 Å². The van der Waals surface area contributed by atoms with Gasteiger partial charge in [0.25, 0.3) is 5.91 Å². The highest BCUT2D eigenvalue weighted by Gasteiger charge is 2.12. The fourth-order valence-electron chi connectivity index (χ4n) is 1.57. The SMILES string of the molecule is Nc1cc(F)cc(C(=O)Nc2cc(Cl)c(F)c(Cl)c2)c1. The van der Waals surface area contributed by atoms with E-state index in [1.807, 2.05) is 0 Å². The maximum Gasteiger partial charge on any atom is 0.255 e. The maximum absolute atomic E-state index is 13.2. The quantitative estimate of drug-likeness (QED) is 0.647. The van der Waals surface area contributed by atoms with Crippen molar-refractivity contribution < 1.29 is 13.6 Å². The van der Waals surface area contributed by atoms with Crippen LogP contribution in [0.5, 0.6) is 0 Å². The molecular weight excluding hydrogens is 309 g/mol. The smallest absolute Gasteiger partial charge is 0.255 e. The first-order chi connectivity index (χ1) is 9.36. The monoisotopic (exact) mass is 316 g/mol. The second-order valence-electron chi connectivity index (χ2n) is 3.98. The Kier molecular flexibility index (Phi) is 4.11. The number of anilines is 2. The van der Waals surface area contributed by atoms with Crippen molar-refractivity contribution >= 4 is 40.5 Å². The van der Waals surface area contributed by atoms with Crippen molar-refractivity contribution in [3.63, 3.8) is 0 Å². The zero-order valence-corrected chi connectivity index (χ0v) is 11.4. The Bertz CT molecular complexity index is 649. The van der Waals surface area contributed by atoms with Crippen molar-refractivity contribution in [3.05, 3.63) is 57.6 Å². The highest BCUT2D eigenvalue weighted by Crippen LogP contribution is 2.27. The van der Waals surface area contributed by atoms with E-state index in [0.717, 1.165) is 12.1 Å². The lowest BCUT2D eigenvalue weighted by molar-refractivity contribution is 0.102. The fourth-order valence-corrected chi connectivity index (χ4v) is 2.06. The zero-order valence-electron chi connectivity index (χ0n) is 9.88. The lowest BCUT2D eigenvalue weighted by Crippen LogP contribution is -2.12. The summed E-state index contributed by atoms with van der Waals surface area (Å²) in [5, 5.41) is 1.96. The van der Waals surface area contributed by atoms with Crippen LogP contribution >= 0.6 is 23.2 Å². The van der Waals surface area contributed by atoms with Crippen molar-refractivity contribution in [2.75, 3.05) is 11.1 Å². The number of carbonyl (C=O) groups excluding carboxylic acids is 1. The Hall–Kier alpha value is -1.85. The number of hydrogen-bond donors (Lipinski definition) is 2. The molecule has 0 aliphatic heterocycles. The lowest BCUT2D eigenvalue weighted by Gasteiger charge is -2.08. The molecule has 0 saturated carbocycles. The number of rotatable bonds is 2. The number of hydrogen-bond acceptors (Lipinski definition) is 2. The summed E-state index contributed by atoms with van der Waals surface area (Å²) in [6.45, 7) is 0. The average molecular weight is 317 g/mol. The molecule has 0 unspecified atom stereocenters. The third-order valence-corrected chi connectivity index (χ3v) is 2.97. The molecule has 0 aliphatic carbocycles. The predicted octanol–water partition coefficient (Wildman–Crippen LogP) is 4.11. The van der Waals surface area contributed by atoms with E-state index in [1.54, 1.807) is 0 Å². The number of carbonyl (C=O) groups is 1. The van der Waals surface area contributed by atoms with Gasteiger partial charge < -0.3 is 11.1 Å². The summed E-state index contributed by atoms with van der Waals surface area (Å²) in [5.41, 5.74) is 5.78. The molecule has 0 fully saturated rings. The van der Waals surface area contributed by atoms with Gasteiger partial charge in [-0.3, -0.25) is 4.79 Å². The van der Waals surface area contributed by atoms with Crippen molar-refractivity contribution in [2.24, 2.45) is 0 Å². The lowest BCUT2D eigenvalue weighted by atomic mass is 10.1. The minimum atomic E-state index is -0.777. The fraction of sp³-hybridized carbons (Fsp3) is 0. The second-order valence-corrected chi connectivity index (χ2v) is 4.80. The summed E-state index contributed by atoms with van der Waals surface area (Å²) in [5.74, 6) is -2.03. The van der Waals surface area contributed by atoms with Gasteiger partial charge in [0.2, 0.25) is 0 Å². The van der Waals surface area contributed by atoms with Gasteiger partial charge in [0.15, 0.2) is 5.82 Å². The van der Waals surface area contributed by atoms with Crippen LogP contribution in [0.1, 0.15) is 10.4 Å². The number of amides is 1. The molecule has 2 aromatic rings. The van der Waals surface area contributed by atoms with Gasteiger partial charge in [0.05, 0.1) is 10.0 Å². The Balaban J connectivity index is 2.28. The van der Waals surface area contributed by atoms with E-state index in [4.69, 9.17) is 28.9 Å². The Labute approximate surface area is 123 Å². The molecule has 2 aromatic carbocycles. The molecule has 7 heteroatoms. The van der Waals surface area contributed by atoms with E-state index in [1.165, 1.54) is 18.2 Å². The van der Waals surface area contributed by atoms with E-state index >= 15 is 0 Å². The van der Waals surface area contributed by atoms with Crippen LogP contribution in [0.25, 0.3) is 0 Å². The summed E-state index contributed by atoms with van der Waals surface area (Å²) >= 11 is 11.2. The molecule has 2 rings (SSSR count). The number of nitrogens with two attached hydrogens (primary N) is 1. The van der Waals surface area contributed by atoms with Crippen LogP contribution < -0.4 is 11.1 Å². The maximum atomic E-state index is 13.2. The van der Waals surface area contributed by atoms with Gasteiger partial charge >= 0.3 is 0 Å². The van der Waals surface area contributed by atoms with Gasteiger partial charge in [0, 0.05) is 16.9 Å². The Morgan fingerprint density at radius 3 is 2.20 bits per heavy atom. The molecule has 104 valence electrons. The summed E-state index contributed by atoms with van der Waals surface area (Å²) < 4.78 is 26.4. The highest BCUT2D eigenvalue weighted by molar-refractivity contribution is 6.35. The van der Waals surface area contributed by atoms with Crippen molar-refractivity contribution in [2.45, 2.75) is 0 Å². The van der Waals surface area contributed by atoms with Crippen LogP contribution in [0.15, 0.2) is 30.3 Å². The molecule has 20 heavy (non-hydrogen) atoms. The van der Waals surface area contributed by atoms with Crippen LogP contribution in [0.3, 0.4) is 0 Å². The van der Waals surface area contributed by atoms with E-state index < -0.39 is 17.5 Å². The van der Waals surface area contributed by atoms with E-state index in [2.05, 4.69) is 5.32 Å². The summed E-state index contributed by atoms with van der Waals surface area (Å²) in [4.78, 5) is 11.9. The number of halogens is 4. The predicted molar refractivity (Wildman–Crippen MR) is 75.2 cm³/mol. The molecule has 1 amide bonds. The molecule has 0 heterocycles. The number of nitrogen functional groups attached to an aromatic ring is 1. The van der Waals surface area contributed by atoms with Crippen molar-refractivity contribution in [3.8, 4) is 0 Å². The van der Waals surface area contributed by atoms with Crippen LogP contribution in [-0.4, -0.2) is 5.91 Å². The van der Waals surface area contributed by atoms with Gasteiger partial charge in [-0.1, -0.05) is 23.2 Å². The van der Waals surface area contributed by atoms with E-state index in [9.17, 15) is 13.6 Å². The molecule has 0 saturated heterocycles. The first-order valence-corrected chi connectivity index (χ1v) is 6.14. The highest BCUT2D eigenvalue weighted by atomic mass is 35.5. The molecule has 0 aromatic heterocycles. The minimum Gasteiger partial charge on any atom is -0.399 e. The van der Waals surface area contributed by atoms with Gasteiger partial charge in [0.1, 0.15) is 5.82 Å². The number of benzene rings is 2. The van der Waals surface area contributed by atoms with E-state index in [-0.39, 0.29) is 27.0 Å². The van der Waals surface area contributed by atoms with Gasteiger partial charge in [-0.25, -0.2) is 8.78 Å². The second kappa shape index (κ2) is 5.64. The molecule has 0 aliphatic rings. The molecule has 0 atom stereocenters. The third-order valence-electron chi connectivity index (χ3n) is 2.42. The third kappa shape index (κ3) is 3.18. The van der Waals surface area contributed by atoms with E-state index in [0.29, 0.717) is 0 Å². The zero-order chi connectivity index (χ0) is 14.9. The molecule has 0 bridgehead atoms. The largest absolute Gasteiger partial charge is 0.399 e. The molecule has 3 nitrogen and oxygen atoms in total. The van der Waals surface area contributed by atoms with Gasteiger partial charge in [-0.05, 0) is 30.3 Å². The molecule has 3 N–H and O–H groups in total.